The van der Waals surface area contributed by atoms with Crippen molar-refractivity contribution in [2.45, 2.75) is 84.0 Å². The number of hydrogen-bond donors (Lipinski definition) is 4. The van der Waals surface area contributed by atoms with E-state index in [9.17, 15) is 24.0 Å². The number of fused-ring (bicyclic) bond motifs is 17. The Hall–Kier alpha value is -5.40. The summed E-state index contributed by atoms with van der Waals surface area (Å²) in [6.07, 6.45) is 4.29. The van der Waals surface area contributed by atoms with Crippen LogP contribution >= 0.6 is 0 Å². The Labute approximate surface area is 316 Å². The average Bonchev–Trinajstić information content (AvgIpc) is 3.89. The van der Waals surface area contributed by atoms with Crippen LogP contribution in [0.4, 0.5) is 0 Å². The van der Waals surface area contributed by atoms with E-state index in [-0.39, 0.29) is 49.8 Å². The minimum Gasteiger partial charge on any atom is -0.497 e. The number of benzene rings is 2. The molecule has 1 fully saturated rings. The molecular formula is C40H53N7O7. The van der Waals surface area contributed by atoms with Gasteiger partial charge in [0, 0.05) is 26.4 Å². The van der Waals surface area contributed by atoms with Gasteiger partial charge in [0.15, 0.2) is 0 Å². The minimum atomic E-state index is -1.13. The number of methoxy groups -OCH3 is 1. The maximum absolute atomic E-state index is 14.2. The molecule has 0 spiro atoms. The fourth-order valence-electron chi connectivity index (χ4n) is 6.62. The van der Waals surface area contributed by atoms with Crippen LogP contribution in [0.2, 0.25) is 0 Å². The van der Waals surface area contributed by atoms with Crippen molar-refractivity contribution < 1.29 is 33.4 Å². The van der Waals surface area contributed by atoms with Crippen LogP contribution < -0.4 is 30.7 Å². The molecule has 6 rings (SSSR count). The van der Waals surface area contributed by atoms with Gasteiger partial charge in [-0.15, -0.1) is 0 Å². The van der Waals surface area contributed by atoms with Crippen molar-refractivity contribution >= 4 is 29.5 Å². The summed E-state index contributed by atoms with van der Waals surface area (Å²) < 4.78 is 13.0. The molecule has 0 unspecified atom stereocenters. The van der Waals surface area contributed by atoms with Crippen molar-refractivity contribution in [1.29, 1.82) is 0 Å². The van der Waals surface area contributed by atoms with E-state index in [4.69, 9.17) is 9.47 Å². The van der Waals surface area contributed by atoms with Gasteiger partial charge < -0.3 is 40.2 Å². The lowest BCUT2D eigenvalue weighted by Crippen LogP contribution is -2.58. The third kappa shape index (κ3) is 11.1. The number of aryl methyl sites for hydroxylation is 2. The second-order valence-corrected chi connectivity index (χ2v) is 14.9. The standard InChI is InChI=1S/C40H53N7O7/c1-24(2)17-30-22-54-32-15-11-28(12-16-32)19-34(45-39(51)36-25(3)41-23-46(36)5)38(50)44-33(18-27-9-13-31(53-6)14-10-27)37(49)42-26(4)40(52)47(20-29-7-8-29)21-35(48)43-30/h9-16,23-24,26,29-30,33-34H,7-8,17-22H2,1-6H3,(H,42,49)(H,43,48)(H,44,50)(H,45,51)/t26-,30+,33+,34+/m1/s1. The Bertz CT molecular complexity index is 1770. The van der Waals surface area contributed by atoms with Crippen molar-refractivity contribution in [3.05, 3.63) is 77.4 Å². The molecule has 4 atom stereocenters. The summed E-state index contributed by atoms with van der Waals surface area (Å²) in [5, 5.41) is 11.6. The minimum absolute atomic E-state index is 0.0848. The third-order valence-electron chi connectivity index (χ3n) is 9.67. The highest BCUT2D eigenvalue weighted by Crippen LogP contribution is 2.30. The Morgan fingerprint density at radius 2 is 1.70 bits per heavy atom. The van der Waals surface area contributed by atoms with Crippen LogP contribution in [-0.4, -0.2) is 95.0 Å². The van der Waals surface area contributed by atoms with E-state index < -0.39 is 41.8 Å². The summed E-state index contributed by atoms with van der Waals surface area (Å²) in [4.78, 5) is 74.9. The predicted molar refractivity (Wildman–Crippen MR) is 202 cm³/mol. The molecule has 3 aromatic rings. The van der Waals surface area contributed by atoms with Crippen molar-refractivity contribution in [2.75, 3.05) is 26.8 Å². The number of imidazole rings is 1. The Morgan fingerprint density at radius 1 is 1.00 bits per heavy atom. The van der Waals surface area contributed by atoms with Gasteiger partial charge in [0.25, 0.3) is 5.91 Å². The van der Waals surface area contributed by atoms with Crippen LogP contribution in [0.25, 0.3) is 0 Å². The second-order valence-electron chi connectivity index (χ2n) is 14.9. The smallest absolute Gasteiger partial charge is 0.270 e. The van der Waals surface area contributed by atoms with E-state index in [1.165, 1.54) is 11.2 Å². The first-order valence-corrected chi connectivity index (χ1v) is 18.6. The van der Waals surface area contributed by atoms with Gasteiger partial charge in [-0.1, -0.05) is 38.1 Å². The van der Waals surface area contributed by atoms with E-state index in [0.717, 1.165) is 24.0 Å². The summed E-state index contributed by atoms with van der Waals surface area (Å²) in [5.74, 6) is -0.618. The van der Waals surface area contributed by atoms with Crippen LogP contribution in [0, 0.1) is 18.8 Å². The Balaban J connectivity index is 1.48. The van der Waals surface area contributed by atoms with Gasteiger partial charge in [0.2, 0.25) is 23.6 Å². The van der Waals surface area contributed by atoms with Crippen LogP contribution in [0.1, 0.15) is 67.3 Å². The highest BCUT2D eigenvalue weighted by Gasteiger charge is 2.34. The van der Waals surface area contributed by atoms with E-state index in [1.807, 2.05) is 12.1 Å². The molecule has 2 aliphatic heterocycles. The zero-order valence-corrected chi connectivity index (χ0v) is 32.0. The lowest BCUT2D eigenvalue weighted by atomic mass is 10.0. The molecule has 1 aliphatic carbocycles. The van der Waals surface area contributed by atoms with E-state index in [0.29, 0.717) is 35.9 Å². The quantitative estimate of drug-likeness (QED) is 0.242. The Kier molecular flexibility index (Phi) is 13.3. The topological polar surface area (TPSA) is 173 Å². The first kappa shape index (κ1) is 39.8. The molecule has 3 heterocycles. The normalized spacial score (nSPS) is 21.9. The second kappa shape index (κ2) is 18.1. The summed E-state index contributed by atoms with van der Waals surface area (Å²) in [7, 11) is 3.25. The molecule has 0 radical (unpaired) electrons. The lowest BCUT2D eigenvalue weighted by Gasteiger charge is -2.29. The Morgan fingerprint density at radius 3 is 2.31 bits per heavy atom. The molecule has 5 amide bonds. The highest BCUT2D eigenvalue weighted by atomic mass is 16.5. The van der Waals surface area contributed by atoms with Gasteiger partial charge in [-0.2, -0.15) is 0 Å². The summed E-state index contributed by atoms with van der Waals surface area (Å²) in [6, 6.07) is 10.8. The van der Waals surface area contributed by atoms with Crippen LogP contribution in [0.15, 0.2) is 54.9 Å². The number of aromatic nitrogens is 2. The molecule has 2 bridgehead atoms. The molecule has 1 aromatic heterocycles. The average molecular weight is 744 g/mol. The van der Waals surface area contributed by atoms with E-state index in [1.54, 1.807) is 69.0 Å². The summed E-state index contributed by atoms with van der Waals surface area (Å²) >= 11 is 0. The van der Waals surface area contributed by atoms with Gasteiger partial charge in [-0.3, -0.25) is 24.0 Å². The van der Waals surface area contributed by atoms with Crippen LogP contribution in [0.5, 0.6) is 11.5 Å². The maximum Gasteiger partial charge on any atom is 0.270 e. The van der Waals surface area contributed by atoms with Gasteiger partial charge in [-0.05, 0) is 80.3 Å². The number of rotatable bonds is 9. The molecule has 54 heavy (non-hydrogen) atoms. The molecule has 14 heteroatoms. The van der Waals surface area contributed by atoms with E-state index >= 15 is 0 Å². The number of amides is 5. The number of nitrogens with one attached hydrogen (secondary N) is 4. The number of nitrogens with zero attached hydrogens (tertiary/aromatic N) is 3. The summed E-state index contributed by atoms with van der Waals surface area (Å²) in [5.41, 5.74) is 2.27. The first-order valence-electron chi connectivity index (χ1n) is 18.6. The largest absolute Gasteiger partial charge is 0.497 e. The molecule has 0 saturated heterocycles. The molecular weight excluding hydrogens is 690 g/mol. The van der Waals surface area contributed by atoms with Crippen LogP contribution in [0.3, 0.4) is 0 Å². The number of ether oxygens (including phenoxy) is 2. The van der Waals surface area contributed by atoms with Gasteiger partial charge >= 0.3 is 0 Å². The zero-order chi connectivity index (χ0) is 38.9. The van der Waals surface area contributed by atoms with Crippen molar-refractivity contribution in [1.82, 2.24) is 35.7 Å². The molecule has 4 N–H and O–H groups in total. The molecule has 290 valence electrons. The number of hydrogen-bond acceptors (Lipinski definition) is 8. The van der Waals surface area contributed by atoms with Gasteiger partial charge in [-0.25, -0.2) is 4.98 Å². The zero-order valence-electron chi connectivity index (χ0n) is 32.0. The van der Waals surface area contributed by atoms with Crippen molar-refractivity contribution in [3.8, 4) is 11.5 Å². The van der Waals surface area contributed by atoms with E-state index in [2.05, 4.69) is 40.1 Å². The monoisotopic (exact) mass is 743 g/mol. The van der Waals surface area contributed by atoms with Crippen molar-refractivity contribution in [2.24, 2.45) is 18.9 Å². The van der Waals surface area contributed by atoms with Gasteiger partial charge in [0.1, 0.15) is 41.9 Å². The first-order chi connectivity index (χ1) is 25.8. The summed E-state index contributed by atoms with van der Waals surface area (Å²) in [6.45, 7) is 7.86. The predicted octanol–water partition coefficient (Wildman–Crippen LogP) is 2.47. The molecule has 3 aliphatic rings. The SMILES string of the molecule is COc1ccc(C[C@@H]2NC(=O)[C@@H](NC(=O)c3c(C)ncn3C)Cc3ccc(cc3)OC[C@H](CC(C)C)NC(=O)CN(CC3CC3)C(=O)[C@@H](C)NC2=O)cc1. The number of carbonyl (C=O) groups excluding carboxylic acids is 5. The van der Waals surface area contributed by atoms with Crippen LogP contribution in [-0.2, 0) is 39.1 Å². The highest BCUT2D eigenvalue weighted by molar-refractivity contribution is 5.98. The number of carbonyl (C=O) groups is 5. The van der Waals surface area contributed by atoms with Gasteiger partial charge in [0.05, 0.1) is 31.7 Å². The molecule has 2 aromatic carbocycles. The fourth-order valence-corrected chi connectivity index (χ4v) is 6.62. The molecule has 14 nitrogen and oxygen atoms in total. The fraction of sp³-hybridized carbons (Fsp3) is 0.500. The van der Waals surface area contributed by atoms with Crippen molar-refractivity contribution in [3.63, 3.8) is 0 Å². The lowest BCUT2D eigenvalue weighted by molar-refractivity contribution is -0.140. The maximum atomic E-state index is 14.2. The third-order valence-corrected chi connectivity index (χ3v) is 9.67. The molecule has 1 saturated carbocycles.